The molecule has 1 amide bonds. The number of benzene rings is 1. The predicted octanol–water partition coefficient (Wildman–Crippen LogP) is 3.31. The number of aromatic nitrogens is 2. The van der Waals surface area contributed by atoms with Gasteiger partial charge in [0.1, 0.15) is 17.1 Å². The summed E-state index contributed by atoms with van der Waals surface area (Å²) in [5, 5.41) is 4.62. The molecule has 1 aromatic carbocycles. The molecule has 0 atom stereocenters. The first-order valence-corrected chi connectivity index (χ1v) is 7.84. The lowest BCUT2D eigenvalue weighted by Crippen LogP contribution is -2.57. The van der Waals surface area contributed by atoms with Crippen LogP contribution in [0.3, 0.4) is 0 Å². The summed E-state index contributed by atoms with van der Waals surface area (Å²) in [5.74, 6) is 0. The van der Waals surface area contributed by atoms with Gasteiger partial charge in [0.25, 0.3) is 0 Å². The molecule has 1 N–H and O–H groups in total. The van der Waals surface area contributed by atoms with Crippen molar-refractivity contribution in [3.8, 4) is 0 Å². The zero-order chi connectivity index (χ0) is 16.6. The Labute approximate surface area is 139 Å². The summed E-state index contributed by atoms with van der Waals surface area (Å²) in [4.78, 5) is 21.7. The topological polar surface area (TPSA) is 67.3 Å². The lowest BCUT2D eigenvalue weighted by atomic mass is 10.1. The Morgan fingerprint density at radius 1 is 1.35 bits per heavy atom. The van der Waals surface area contributed by atoms with E-state index in [1.807, 2.05) is 39.0 Å². The van der Waals surface area contributed by atoms with E-state index in [4.69, 9.17) is 16.3 Å². The van der Waals surface area contributed by atoms with Crippen molar-refractivity contribution in [2.24, 2.45) is 0 Å². The first-order valence-electron chi connectivity index (χ1n) is 7.46. The van der Waals surface area contributed by atoms with Crippen molar-refractivity contribution in [3.05, 3.63) is 29.7 Å². The van der Waals surface area contributed by atoms with Gasteiger partial charge in [0, 0.05) is 24.2 Å². The van der Waals surface area contributed by atoms with Gasteiger partial charge in [-0.05, 0) is 39.0 Å². The van der Waals surface area contributed by atoms with E-state index >= 15 is 0 Å². The standard InChI is InChI=1S/C16H19ClN4O2/c1-16(2,3)23-15(22)21-7-11(8-21)20-10-4-5-13-12(6-10)14(17)19-9-18-13/h4-6,9,11,20H,7-8H2,1-3H3. The quantitative estimate of drug-likeness (QED) is 0.853. The molecule has 0 radical (unpaired) electrons. The van der Waals surface area contributed by atoms with Crippen molar-refractivity contribution in [2.45, 2.75) is 32.4 Å². The third-order valence-electron chi connectivity index (χ3n) is 3.49. The van der Waals surface area contributed by atoms with Crippen LogP contribution in [0.2, 0.25) is 5.15 Å². The highest BCUT2D eigenvalue weighted by molar-refractivity contribution is 6.34. The molecular formula is C16H19ClN4O2. The van der Waals surface area contributed by atoms with E-state index < -0.39 is 5.60 Å². The number of carbonyl (C=O) groups excluding carboxylic acids is 1. The van der Waals surface area contributed by atoms with E-state index in [0.717, 1.165) is 16.6 Å². The van der Waals surface area contributed by atoms with Crippen LogP contribution in [-0.2, 0) is 4.74 Å². The molecule has 1 aliphatic heterocycles. The van der Waals surface area contributed by atoms with Crippen molar-refractivity contribution in [1.82, 2.24) is 14.9 Å². The number of amides is 1. The van der Waals surface area contributed by atoms with Crippen LogP contribution in [0, 0.1) is 0 Å². The van der Waals surface area contributed by atoms with Gasteiger partial charge in [-0.2, -0.15) is 0 Å². The number of fused-ring (bicyclic) bond motifs is 1. The Bertz CT molecular complexity index is 738. The lowest BCUT2D eigenvalue weighted by Gasteiger charge is -2.40. The first kappa shape index (κ1) is 15.8. The monoisotopic (exact) mass is 334 g/mol. The van der Waals surface area contributed by atoms with Crippen LogP contribution in [0.15, 0.2) is 24.5 Å². The van der Waals surface area contributed by atoms with E-state index in [1.165, 1.54) is 6.33 Å². The third-order valence-corrected chi connectivity index (χ3v) is 3.79. The summed E-state index contributed by atoms with van der Waals surface area (Å²) in [5.41, 5.74) is 1.27. The van der Waals surface area contributed by atoms with Crippen molar-refractivity contribution >= 4 is 34.3 Å². The molecule has 0 bridgehead atoms. The van der Waals surface area contributed by atoms with E-state index in [-0.39, 0.29) is 12.1 Å². The Morgan fingerprint density at radius 3 is 2.78 bits per heavy atom. The van der Waals surface area contributed by atoms with E-state index in [9.17, 15) is 4.79 Å². The highest BCUT2D eigenvalue weighted by Crippen LogP contribution is 2.25. The number of rotatable bonds is 2. The Kier molecular flexibility index (Phi) is 4.02. The van der Waals surface area contributed by atoms with Crippen molar-refractivity contribution in [3.63, 3.8) is 0 Å². The molecule has 0 saturated carbocycles. The summed E-state index contributed by atoms with van der Waals surface area (Å²) < 4.78 is 5.34. The Balaban J connectivity index is 1.60. The molecule has 0 spiro atoms. The van der Waals surface area contributed by atoms with Crippen molar-refractivity contribution < 1.29 is 9.53 Å². The van der Waals surface area contributed by atoms with E-state index in [1.54, 1.807) is 4.90 Å². The van der Waals surface area contributed by atoms with Crippen LogP contribution in [0.5, 0.6) is 0 Å². The summed E-state index contributed by atoms with van der Waals surface area (Å²) in [6.07, 6.45) is 1.17. The van der Waals surface area contributed by atoms with Crippen molar-refractivity contribution in [2.75, 3.05) is 18.4 Å². The van der Waals surface area contributed by atoms with Crippen LogP contribution in [-0.4, -0.2) is 45.7 Å². The average Bonchev–Trinajstić information content (AvgIpc) is 2.41. The molecule has 1 saturated heterocycles. The minimum absolute atomic E-state index is 0.198. The van der Waals surface area contributed by atoms with Gasteiger partial charge in [0.2, 0.25) is 0 Å². The molecule has 0 aliphatic carbocycles. The largest absolute Gasteiger partial charge is 0.444 e. The molecule has 122 valence electrons. The number of nitrogens with zero attached hydrogens (tertiary/aromatic N) is 3. The fourth-order valence-electron chi connectivity index (χ4n) is 2.40. The number of ether oxygens (including phenoxy) is 1. The maximum atomic E-state index is 11.9. The van der Waals surface area contributed by atoms with Crippen LogP contribution in [0.1, 0.15) is 20.8 Å². The number of anilines is 1. The smallest absolute Gasteiger partial charge is 0.410 e. The number of hydrogen-bond donors (Lipinski definition) is 1. The highest BCUT2D eigenvalue weighted by atomic mass is 35.5. The third kappa shape index (κ3) is 3.64. The highest BCUT2D eigenvalue weighted by Gasteiger charge is 2.33. The Hall–Kier alpha value is -2.08. The molecule has 1 aliphatic rings. The minimum atomic E-state index is -0.468. The molecule has 2 heterocycles. The molecule has 23 heavy (non-hydrogen) atoms. The lowest BCUT2D eigenvalue weighted by molar-refractivity contribution is 0.0105. The average molecular weight is 335 g/mol. The molecule has 6 nitrogen and oxygen atoms in total. The zero-order valence-corrected chi connectivity index (χ0v) is 14.1. The number of nitrogens with one attached hydrogen (secondary N) is 1. The van der Waals surface area contributed by atoms with Crippen LogP contribution in [0.25, 0.3) is 10.9 Å². The van der Waals surface area contributed by atoms with Gasteiger partial charge in [-0.25, -0.2) is 14.8 Å². The van der Waals surface area contributed by atoms with Crippen LogP contribution < -0.4 is 5.32 Å². The van der Waals surface area contributed by atoms with Gasteiger partial charge in [-0.15, -0.1) is 0 Å². The number of likely N-dealkylation sites (tertiary alicyclic amines) is 1. The van der Waals surface area contributed by atoms with Gasteiger partial charge in [-0.1, -0.05) is 11.6 Å². The molecule has 0 unspecified atom stereocenters. The van der Waals surface area contributed by atoms with Gasteiger partial charge < -0.3 is 15.0 Å². The summed E-state index contributed by atoms with van der Waals surface area (Å²) in [7, 11) is 0. The maximum Gasteiger partial charge on any atom is 0.410 e. The number of carbonyl (C=O) groups is 1. The zero-order valence-electron chi connectivity index (χ0n) is 13.3. The van der Waals surface area contributed by atoms with E-state index in [0.29, 0.717) is 18.2 Å². The molecule has 1 fully saturated rings. The molecule has 1 aromatic heterocycles. The van der Waals surface area contributed by atoms with Gasteiger partial charge >= 0.3 is 6.09 Å². The fraction of sp³-hybridized carbons (Fsp3) is 0.438. The van der Waals surface area contributed by atoms with Gasteiger partial charge in [0.15, 0.2) is 0 Å². The summed E-state index contributed by atoms with van der Waals surface area (Å²) in [6, 6.07) is 5.97. The first-order chi connectivity index (χ1) is 10.8. The normalized spacial score (nSPS) is 15.4. The second kappa shape index (κ2) is 5.85. The molecule has 3 rings (SSSR count). The molecular weight excluding hydrogens is 316 g/mol. The van der Waals surface area contributed by atoms with Crippen molar-refractivity contribution in [1.29, 1.82) is 0 Å². The molecule has 2 aromatic rings. The Morgan fingerprint density at radius 2 is 2.09 bits per heavy atom. The SMILES string of the molecule is CC(C)(C)OC(=O)N1CC(Nc2ccc3ncnc(Cl)c3c2)C1. The second-order valence-electron chi connectivity index (χ2n) is 6.62. The predicted molar refractivity (Wildman–Crippen MR) is 89.8 cm³/mol. The van der Waals surface area contributed by atoms with Gasteiger partial charge in [0.05, 0.1) is 11.6 Å². The van der Waals surface area contributed by atoms with Crippen LogP contribution in [0.4, 0.5) is 10.5 Å². The number of halogens is 1. The van der Waals surface area contributed by atoms with Crippen LogP contribution >= 0.6 is 11.6 Å². The second-order valence-corrected chi connectivity index (χ2v) is 6.98. The molecule has 7 heteroatoms. The number of hydrogen-bond acceptors (Lipinski definition) is 5. The fourth-order valence-corrected chi connectivity index (χ4v) is 2.59. The minimum Gasteiger partial charge on any atom is -0.444 e. The maximum absolute atomic E-state index is 11.9. The van der Waals surface area contributed by atoms with E-state index in [2.05, 4.69) is 15.3 Å². The summed E-state index contributed by atoms with van der Waals surface area (Å²) >= 11 is 6.09. The summed E-state index contributed by atoms with van der Waals surface area (Å²) in [6.45, 7) is 6.82. The van der Waals surface area contributed by atoms with Gasteiger partial charge in [-0.3, -0.25) is 0 Å².